The van der Waals surface area contributed by atoms with Crippen LogP contribution in [0.3, 0.4) is 0 Å². The Morgan fingerprint density at radius 1 is 1.16 bits per heavy atom. The van der Waals surface area contributed by atoms with E-state index in [4.69, 9.17) is 14.2 Å². The number of aryl methyl sites for hydroxylation is 1. The van der Waals surface area contributed by atoms with Gasteiger partial charge < -0.3 is 14.2 Å². The fourth-order valence-electron chi connectivity index (χ4n) is 2.61. The van der Waals surface area contributed by atoms with E-state index in [-0.39, 0.29) is 0 Å². The maximum atomic E-state index is 5.98. The first-order chi connectivity index (χ1) is 9.15. The number of benzene rings is 2. The van der Waals surface area contributed by atoms with Gasteiger partial charge >= 0.3 is 0 Å². The van der Waals surface area contributed by atoms with Crippen LogP contribution < -0.4 is 9.47 Å². The van der Waals surface area contributed by atoms with Gasteiger partial charge in [0.2, 0.25) is 5.79 Å². The topological polar surface area (TPSA) is 27.7 Å². The van der Waals surface area contributed by atoms with Crippen LogP contribution in [0.5, 0.6) is 11.5 Å². The lowest BCUT2D eigenvalue weighted by atomic mass is 9.95. The second-order valence-electron chi connectivity index (χ2n) is 5.07. The Labute approximate surface area is 113 Å². The molecule has 2 aromatic carbocycles. The maximum absolute atomic E-state index is 5.98. The van der Waals surface area contributed by atoms with E-state index in [9.17, 15) is 0 Å². The van der Waals surface area contributed by atoms with Crippen LogP contribution in [0.25, 0.3) is 10.8 Å². The number of ether oxygens (including phenoxy) is 3. The average molecular weight is 258 g/mol. The molecule has 0 saturated carbocycles. The van der Waals surface area contributed by atoms with Crippen molar-refractivity contribution in [3.8, 4) is 11.5 Å². The van der Waals surface area contributed by atoms with Gasteiger partial charge in [0.05, 0.1) is 7.11 Å². The van der Waals surface area contributed by atoms with Crippen LogP contribution in [0.15, 0.2) is 30.3 Å². The van der Waals surface area contributed by atoms with Crippen LogP contribution in [0.2, 0.25) is 0 Å². The minimum atomic E-state index is -0.507. The lowest BCUT2D eigenvalue weighted by Gasteiger charge is -2.34. The smallest absolute Gasteiger partial charge is 0.207 e. The zero-order valence-corrected chi connectivity index (χ0v) is 11.5. The molecule has 0 fully saturated rings. The molecule has 0 spiro atoms. The fraction of sp³-hybridized carbons (Fsp3) is 0.375. The van der Waals surface area contributed by atoms with Crippen molar-refractivity contribution in [2.75, 3.05) is 14.2 Å². The first kappa shape index (κ1) is 12.3. The Bertz CT molecular complexity index is 621. The number of hydrogen-bond acceptors (Lipinski definition) is 3. The van der Waals surface area contributed by atoms with Crippen LogP contribution >= 0.6 is 0 Å². The summed E-state index contributed by atoms with van der Waals surface area (Å²) < 4.78 is 16.7. The Morgan fingerprint density at radius 2 is 2.00 bits per heavy atom. The molecule has 0 bridgehead atoms. The molecule has 3 rings (SSSR count). The molecule has 1 unspecified atom stereocenters. The fourth-order valence-corrected chi connectivity index (χ4v) is 2.61. The summed E-state index contributed by atoms with van der Waals surface area (Å²) in [6.07, 6.45) is 1.82. The first-order valence-electron chi connectivity index (χ1n) is 6.49. The largest absolute Gasteiger partial charge is 0.497 e. The highest BCUT2D eigenvalue weighted by molar-refractivity contribution is 5.89. The third-order valence-electron chi connectivity index (χ3n) is 3.88. The second-order valence-corrected chi connectivity index (χ2v) is 5.07. The second kappa shape index (κ2) is 4.42. The summed E-state index contributed by atoms with van der Waals surface area (Å²) in [6.45, 7) is 1.98. The number of hydrogen-bond donors (Lipinski definition) is 0. The quantitative estimate of drug-likeness (QED) is 0.824. The highest BCUT2D eigenvalue weighted by Crippen LogP contribution is 2.38. The SMILES string of the molecule is COc1ccc2c3c(ccc2c1)OC(C)(OC)CC3. The lowest BCUT2D eigenvalue weighted by Crippen LogP contribution is -2.38. The number of rotatable bonds is 2. The predicted molar refractivity (Wildman–Crippen MR) is 74.9 cm³/mol. The van der Waals surface area contributed by atoms with Gasteiger partial charge in [0.25, 0.3) is 0 Å². The van der Waals surface area contributed by atoms with Gasteiger partial charge in [-0.15, -0.1) is 0 Å². The van der Waals surface area contributed by atoms with Crippen molar-refractivity contribution in [3.63, 3.8) is 0 Å². The normalized spacial score (nSPS) is 21.8. The maximum Gasteiger partial charge on any atom is 0.207 e. The summed E-state index contributed by atoms with van der Waals surface area (Å²) in [5, 5.41) is 2.42. The van der Waals surface area contributed by atoms with Crippen LogP contribution in [-0.4, -0.2) is 20.0 Å². The van der Waals surface area contributed by atoms with Gasteiger partial charge in [-0.3, -0.25) is 0 Å². The molecular formula is C16H18O3. The van der Waals surface area contributed by atoms with Gasteiger partial charge in [0.1, 0.15) is 11.5 Å². The molecule has 0 saturated heterocycles. The molecular weight excluding hydrogens is 240 g/mol. The summed E-state index contributed by atoms with van der Waals surface area (Å²) in [6, 6.07) is 10.2. The lowest BCUT2D eigenvalue weighted by molar-refractivity contribution is -0.160. The van der Waals surface area contributed by atoms with Crippen molar-refractivity contribution >= 4 is 10.8 Å². The van der Waals surface area contributed by atoms with Crippen molar-refractivity contribution < 1.29 is 14.2 Å². The van der Waals surface area contributed by atoms with Crippen molar-refractivity contribution in [3.05, 3.63) is 35.9 Å². The van der Waals surface area contributed by atoms with E-state index < -0.39 is 5.79 Å². The molecule has 1 aliphatic heterocycles. The molecule has 0 aromatic heterocycles. The molecule has 19 heavy (non-hydrogen) atoms. The highest BCUT2D eigenvalue weighted by Gasteiger charge is 2.31. The van der Waals surface area contributed by atoms with Crippen LogP contribution in [0.1, 0.15) is 18.9 Å². The average Bonchev–Trinajstić information content (AvgIpc) is 2.46. The number of methoxy groups -OCH3 is 2. The summed E-state index contributed by atoms with van der Waals surface area (Å²) in [5.74, 6) is 1.30. The first-order valence-corrected chi connectivity index (χ1v) is 6.49. The molecule has 2 aromatic rings. The van der Waals surface area contributed by atoms with E-state index in [0.717, 1.165) is 24.3 Å². The van der Waals surface area contributed by atoms with E-state index in [1.54, 1.807) is 14.2 Å². The van der Waals surface area contributed by atoms with Gasteiger partial charge in [0.15, 0.2) is 0 Å². The van der Waals surface area contributed by atoms with Crippen molar-refractivity contribution in [2.45, 2.75) is 25.6 Å². The van der Waals surface area contributed by atoms with E-state index in [2.05, 4.69) is 18.2 Å². The third kappa shape index (κ3) is 2.04. The van der Waals surface area contributed by atoms with Gasteiger partial charge in [0, 0.05) is 26.0 Å². The molecule has 1 heterocycles. The third-order valence-corrected chi connectivity index (χ3v) is 3.88. The molecule has 1 atom stereocenters. The molecule has 0 aliphatic carbocycles. The van der Waals surface area contributed by atoms with Crippen molar-refractivity contribution in [2.24, 2.45) is 0 Å². The zero-order chi connectivity index (χ0) is 13.5. The monoisotopic (exact) mass is 258 g/mol. The standard InChI is InChI=1S/C16H18O3/c1-16(18-3)9-8-14-13-6-5-12(17-2)10-11(13)4-7-15(14)19-16/h4-7,10H,8-9H2,1-3H3. The molecule has 3 heteroatoms. The summed E-state index contributed by atoms with van der Waals surface area (Å²) in [4.78, 5) is 0. The minimum Gasteiger partial charge on any atom is -0.497 e. The van der Waals surface area contributed by atoms with E-state index in [0.29, 0.717) is 0 Å². The van der Waals surface area contributed by atoms with Gasteiger partial charge in [-0.25, -0.2) is 0 Å². The molecule has 0 amide bonds. The van der Waals surface area contributed by atoms with Crippen molar-refractivity contribution in [1.29, 1.82) is 0 Å². The highest BCUT2D eigenvalue weighted by atomic mass is 16.7. The summed E-state index contributed by atoms with van der Waals surface area (Å²) in [7, 11) is 3.38. The van der Waals surface area contributed by atoms with E-state index >= 15 is 0 Å². The summed E-state index contributed by atoms with van der Waals surface area (Å²) >= 11 is 0. The Hall–Kier alpha value is -1.74. The Morgan fingerprint density at radius 3 is 2.74 bits per heavy atom. The minimum absolute atomic E-state index is 0.507. The molecule has 3 nitrogen and oxygen atoms in total. The Balaban J connectivity index is 2.10. The number of fused-ring (bicyclic) bond motifs is 3. The van der Waals surface area contributed by atoms with Crippen LogP contribution in [-0.2, 0) is 11.2 Å². The molecule has 0 N–H and O–H groups in total. The molecule has 1 aliphatic rings. The van der Waals surface area contributed by atoms with Crippen LogP contribution in [0, 0.1) is 0 Å². The van der Waals surface area contributed by atoms with Crippen LogP contribution in [0.4, 0.5) is 0 Å². The van der Waals surface area contributed by atoms with Crippen molar-refractivity contribution in [1.82, 2.24) is 0 Å². The Kier molecular flexibility index (Phi) is 2.86. The van der Waals surface area contributed by atoms with Gasteiger partial charge in [-0.2, -0.15) is 0 Å². The van der Waals surface area contributed by atoms with E-state index in [1.165, 1.54) is 16.3 Å². The zero-order valence-electron chi connectivity index (χ0n) is 11.5. The van der Waals surface area contributed by atoms with Gasteiger partial charge in [-0.1, -0.05) is 12.1 Å². The van der Waals surface area contributed by atoms with E-state index in [1.807, 2.05) is 19.1 Å². The van der Waals surface area contributed by atoms with Gasteiger partial charge in [-0.05, 0) is 35.4 Å². The molecule has 100 valence electrons. The summed E-state index contributed by atoms with van der Waals surface area (Å²) in [5.41, 5.74) is 1.26. The molecule has 0 radical (unpaired) electrons. The predicted octanol–water partition coefficient (Wildman–Crippen LogP) is 3.54.